The van der Waals surface area contributed by atoms with E-state index in [0.29, 0.717) is 12.0 Å². The largest absolute Gasteiger partial charge is 0.414 e. The number of dihydropyridines is 1. The molecule has 0 aromatic heterocycles. The molecule has 1 saturated carbocycles. The van der Waals surface area contributed by atoms with Gasteiger partial charge in [-0.1, -0.05) is 20.8 Å². The predicted molar refractivity (Wildman–Crippen MR) is 90.9 cm³/mol. The van der Waals surface area contributed by atoms with Gasteiger partial charge in [-0.05, 0) is 49.5 Å². The van der Waals surface area contributed by atoms with E-state index in [-0.39, 0.29) is 5.04 Å². The summed E-state index contributed by atoms with van der Waals surface area (Å²) in [6.07, 6.45) is 9.27. The minimum absolute atomic E-state index is 0.256. The lowest BCUT2D eigenvalue weighted by atomic mass is 9.89. The lowest BCUT2D eigenvalue weighted by molar-refractivity contribution is 0.173. The fraction of sp³-hybridized carbons (Fsp3) is 0.750. The molecule has 21 heavy (non-hydrogen) atoms. The Bertz CT molecular complexity index is 453. The van der Waals surface area contributed by atoms with Gasteiger partial charge in [0.15, 0.2) is 8.32 Å². The molecule has 1 heterocycles. The van der Waals surface area contributed by atoms with E-state index in [0.717, 1.165) is 25.0 Å². The van der Waals surface area contributed by atoms with Crippen LogP contribution in [0, 0.1) is 5.92 Å². The molecule has 2 aliphatic rings. The molecule has 2 rings (SSSR count). The minimum Gasteiger partial charge on any atom is -0.414 e. The van der Waals surface area contributed by atoms with Crippen molar-refractivity contribution in [1.29, 1.82) is 0 Å². The Kier molecular flexibility index (Phi) is 4.30. The summed E-state index contributed by atoms with van der Waals surface area (Å²) in [4.78, 5) is 0. The van der Waals surface area contributed by atoms with Crippen LogP contribution in [0.1, 0.15) is 40.0 Å². The van der Waals surface area contributed by atoms with Gasteiger partial charge in [-0.15, -0.1) is 0 Å². The Morgan fingerprint density at radius 1 is 1.33 bits per heavy atom. The first kappa shape index (κ1) is 16.6. The molecule has 0 spiro atoms. The second-order valence-corrected chi connectivity index (χ2v) is 12.8. The van der Waals surface area contributed by atoms with Crippen LogP contribution in [0.15, 0.2) is 24.0 Å². The quantitative estimate of drug-likeness (QED) is 0.701. The first-order valence-corrected chi connectivity index (χ1v) is 10.8. The van der Waals surface area contributed by atoms with Crippen molar-refractivity contribution in [1.82, 2.24) is 5.32 Å². The Morgan fingerprint density at radius 2 is 2.00 bits per heavy atom. The Labute approximate surface area is 130 Å². The van der Waals surface area contributed by atoms with Crippen molar-refractivity contribution in [2.24, 2.45) is 17.4 Å². The van der Waals surface area contributed by atoms with Gasteiger partial charge in [0.25, 0.3) is 0 Å². The van der Waals surface area contributed by atoms with Crippen molar-refractivity contribution in [3.63, 3.8) is 0 Å². The highest BCUT2D eigenvalue weighted by molar-refractivity contribution is 6.74. The molecule has 5 N–H and O–H groups in total. The summed E-state index contributed by atoms with van der Waals surface area (Å²) in [5, 5.41) is 3.52. The number of hydrogen-bond acceptors (Lipinski definition) is 4. The fourth-order valence-corrected chi connectivity index (χ4v) is 4.27. The summed E-state index contributed by atoms with van der Waals surface area (Å²) in [5.41, 5.74) is 12.5. The van der Waals surface area contributed by atoms with Gasteiger partial charge in [0.2, 0.25) is 0 Å². The van der Waals surface area contributed by atoms with Crippen LogP contribution >= 0.6 is 0 Å². The van der Waals surface area contributed by atoms with Crippen LogP contribution in [0.25, 0.3) is 0 Å². The monoisotopic (exact) mass is 309 g/mol. The van der Waals surface area contributed by atoms with Gasteiger partial charge in [-0.3, -0.25) is 0 Å². The zero-order valence-corrected chi connectivity index (χ0v) is 15.1. The molecule has 1 fully saturated rings. The molecule has 0 aromatic carbocycles. The third-order valence-electron chi connectivity index (χ3n) is 5.37. The second-order valence-electron chi connectivity index (χ2n) is 8.07. The van der Waals surface area contributed by atoms with Gasteiger partial charge >= 0.3 is 0 Å². The lowest BCUT2D eigenvalue weighted by Gasteiger charge is -2.39. The van der Waals surface area contributed by atoms with Crippen molar-refractivity contribution < 1.29 is 4.43 Å². The van der Waals surface area contributed by atoms with Crippen molar-refractivity contribution in [3.05, 3.63) is 24.0 Å². The average Bonchev–Trinajstić information content (AvgIpc) is 2.80. The molecular formula is C16H31N3OSi. The highest BCUT2D eigenvalue weighted by atomic mass is 28.4. The molecule has 3 atom stereocenters. The van der Waals surface area contributed by atoms with Crippen LogP contribution in [0.4, 0.5) is 0 Å². The molecule has 5 heteroatoms. The Balaban J connectivity index is 1.97. The Hall–Kier alpha value is -0.783. The first-order valence-electron chi connectivity index (χ1n) is 7.93. The first-order chi connectivity index (χ1) is 9.53. The molecule has 0 amide bonds. The molecule has 0 aromatic rings. The van der Waals surface area contributed by atoms with Crippen LogP contribution < -0.4 is 16.8 Å². The van der Waals surface area contributed by atoms with E-state index in [1.807, 2.05) is 18.4 Å². The van der Waals surface area contributed by atoms with E-state index < -0.39 is 14.0 Å². The van der Waals surface area contributed by atoms with Gasteiger partial charge in [0.05, 0.1) is 0 Å². The predicted octanol–water partition coefficient (Wildman–Crippen LogP) is 2.79. The maximum Gasteiger partial charge on any atom is 0.192 e. The van der Waals surface area contributed by atoms with E-state index in [4.69, 9.17) is 15.9 Å². The van der Waals surface area contributed by atoms with Gasteiger partial charge < -0.3 is 21.2 Å². The highest BCUT2D eigenvalue weighted by Gasteiger charge is 2.44. The number of nitrogens with one attached hydrogen (secondary N) is 1. The molecule has 0 bridgehead atoms. The van der Waals surface area contributed by atoms with E-state index in [9.17, 15) is 0 Å². The van der Waals surface area contributed by atoms with Crippen molar-refractivity contribution >= 4 is 8.32 Å². The molecule has 0 radical (unpaired) electrons. The number of allylic oxidation sites excluding steroid dienone is 1. The average molecular weight is 310 g/mol. The maximum atomic E-state index is 6.54. The third-order valence-corrected chi connectivity index (χ3v) is 9.90. The highest BCUT2D eigenvalue weighted by Crippen LogP contribution is 2.42. The van der Waals surface area contributed by atoms with Gasteiger partial charge in [-0.25, -0.2) is 0 Å². The van der Waals surface area contributed by atoms with Crippen molar-refractivity contribution in [2.75, 3.05) is 0 Å². The molecular weight excluding hydrogens is 278 g/mol. The van der Waals surface area contributed by atoms with Crippen LogP contribution in [0.3, 0.4) is 0 Å². The summed E-state index contributed by atoms with van der Waals surface area (Å²) in [7, 11) is -1.70. The van der Waals surface area contributed by atoms with Crippen LogP contribution in [0.2, 0.25) is 18.1 Å². The molecule has 120 valence electrons. The summed E-state index contributed by atoms with van der Waals surface area (Å²) in [6.45, 7) is 11.5. The number of nitrogens with two attached hydrogens (primary N) is 2. The molecule has 1 aliphatic carbocycles. The van der Waals surface area contributed by atoms with Crippen molar-refractivity contribution in [3.8, 4) is 0 Å². The summed E-state index contributed by atoms with van der Waals surface area (Å²) in [5.74, 6) is 0.396. The van der Waals surface area contributed by atoms with E-state index in [1.54, 1.807) is 0 Å². The normalized spacial score (nSPS) is 33.7. The molecule has 0 saturated heterocycles. The van der Waals surface area contributed by atoms with Crippen LogP contribution in [-0.2, 0) is 4.43 Å². The Morgan fingerprint density at radius 3 is 2.52 bits per heavy atom. The molecule has 1 aliphatic heterocycles. The van der Waals surface area contributed by atoms with Crippen molar-refractivity contribution in [2.45, 2.75) is 69.9 Å². The standard InChI is InChI=1S/C16H31N3OSi/c1-15(2,3)21(4,5)20-14-7-6-12(10-14)16(18)9-8-13(17)11-19-16/h8-9,11-12,14,19H,6-7,10,17-18H2,1-5H3/t12-,14+,16?/m0/s1. The zero-order valence-electron chi connectivity index (χ0n) is 14.1. The number of rotatable bonds is 3. The zero-order chi connectivity index (χ0) is 15.9. The van der Waals surface area contributed by atoms with E-state index in [1.165, 1.54) is 0 Å². The van der Waals surface area contributed by atoms with Gasteiger partial charge in [0, 0.05) is 23.9 Å². The summed E-state index contributed by atoms with van der Waals surface area (Å²) < 4.78 is 6.54. The van der Waals surface area contributed by atoms with Gasteiger partial charge in [0.1, 0.15) is 5.66 Å². The minimum atomic E-state index is -1.70. The van der Waals surface area contributed by atoms with Crippen LogP contribution in [0.5, 0.6) is 0 Å². The summed E-state index contributed by atoms with van der Waals surface area (Å²) in [6, 6.07) is 0. The summed E-state index contributed by atoms with van der Waals surface area (Å²) >= 11 is 0. The smallest absolute Gasteiger partial charge is 0.192 e. The molecule has 1 unspecified atom stereocenters. The third kappa shape index (κ3) is 3.52. The second kappa shape index (κ2) is 5.45. The number of hydrogen-bond donors (Lipinski definition) is 3. The van der Waals surface area contributed by atoms with E-state index in [2.05, 4.69) is 39.2 Å². The molecule has 4 nitrogen and oxygen atoms in total. The lowest BCUT2D eigenvalue weighted by Crippen LogP contribution is -2.56. The van der Waals surface area contributed by atoms with E-state index >= 15 is 0 Å². The maximum absolute atomic E-state index is 6.54. The van der Waals surface area contributed by atoms with Gasteiger partial charge in [-0.2, -0.15) is 0 Å². The van der Waals surface area contributed by atoms with Crippen LogP contribution in [-0.4, -0.2) is 20.1 Å². The topological polar surface area (TPSA) is 73.3 Å². The fourth-order valence-electron chi connectivity index (χ4n) is 2.87. The SMILES string of the molecule is CC(C)(C)[Si](C)(C)O[C@@H]1CC[C@H](C2(N)C=CC(N)=CN2)C1.